The van der Waals surface area contributed by atoms with Crippen LogP contribution in [-0.2, 0) is 12.8 Å². The third-order valence-electron chi connectivity index (χ3n) is 4.96. The number of hydrogen-bond acceptors (Lipinski definition) is 5. The summed E-state index contributed by atoms with van der Waals surface area (Å²) in [6.45, 7) is 2.01. The quantitative estimate of drug-likeness (QED) is 0.915. The molecule has 0 unspecified atom stereocenters. The minimum Gasteiger partial charge on any atom is -0.423 e. The minimum absolute atomic E-state index is 0.0826. The molecule has 0 radical (unpaired) electrons. The number of amides is 1. The molecule has 1 amide bonds. The van der Waals surface area contributed by atoms with Crippen LogP contribution in [0.2, 0.25) is 0 Å². The lowest BCUT2D eigenvalue weighted by molar-refractivity contribution is 0.0697. The van der Waals surface area contributed by atoms with Crippen LogP contribution in [-0.4, -0.2) is 38.8 Å². The molecule has 6 nitrogen and oxygen atoms in total. The lowest BCUT2D eigenvalue weighted by Gasteiger charge is -2.23. The lowest BCUT2D eigenvalue weighted by atomic mass is 9.90. The molecule has 1 aromatic heterocycles. The molecule has 0 spiro atoms. The number of β-amino-alcohol motifs (C(OH)–C–C–N with tert-alkyl or cyclic N) is 1. The summed E-state index contributed by atoms with van der Waals surface area (Å²) in [6, 6.07) is 5.62. The summed E-state index contributed by atoms with van der Waals surface area (Å²) in [5, 5.41) is 17.9. The van der Waals surface area contributed by atoms with E-state index in [1.807, 2.05) is 12.1 Å². The van der Waals surface area contributed by atoms with Gasteiger partial charge in [-0.1, -0.05) is 6.07 Å². The number of carbonyl (C=O) groups excluding carboxylic acids is 1. The number of carbonyl (C=O) groups is 1. The van der Waals surface area contributed by atoms with Crippen LogP contribution in [0.5, 0.6) is 0 Å². The van der Waals surface area contributed by atoms with Crippen molar-refractivity contribution in [1.82, 2.24) is 15.1 Å². The predicted molar refractivity (Wildman–Crippen MR) is 86.5 cm³/mol. The molecule has 1 N–H and O–H groups in total. The maximum Gasteiger partial charge on any atom is 0.254 e. The molecule has 2 aliphatic rings. The number of hydrogen-bond donors (Lipinski definition) is 1. The zero-order valence-corrected chi connectivity index (χ0v) is 13.7. The van der Waals surface area contributed by atoms with E-state index in [1.54, 1.807) is 11.8 Å². The fourth-order valence-electron chi connectivity index (χ4n) is 3.75. The summed E-state index contributed by atoms with van der Waals surface area (Å²) in [5.41, 5.74) is 3.30. The molecule has 2 heterocycles. The minimum atomic E-state index is -0.566. The second kappa shape index (κ2) is 6.02. The summed E-state index contributed by atoms with van der Waals surface area (Å²) >= 11 is 0. The van der Waals surface area contributed by atoms with Crippen LogP contribution in [0.4, 0.5) is 0 Å². The first kappa shape index (κ1) is 15.3. The average Bonchev–Trinajstić information content (AvgIpc) is 3.19. The number of likely N-dealkylation sites (tertiary alicyclic amines) is 1. The molecule has 6 heteroatoms. The van der Waals surface area contributed by atoms with Crippen LogP contribution in [0, 0.1) is 6.92 Å². The predicted octanol–water partition coefficient (Wildman–Crippen LogP) is 2.20. The molecule has 1 fully saturated rings. The number of fused-ring (bicyclic) bond motifs is 1. The van der Waals surface area contributed by atoms with Crippen molar-refractivity contribution in [1.29, 1.82) is 0 Å². The van der Waals surface area contributed by atoms with Gasteiger partial charge in [-0.15, -0.1) is 10.2 Å². The average molecular weight is 327 g/mol. The molecule has 1 aliphatic carbocycles. The molecule has 0 saturated carbocycles. The Bertz CT molecular complexity index is 771. The van der Waals surface area contributed by atoms with Gasteiger partial charge in [-0.3, -0.25) is 4.79 Å². The van der Waals surface area contributed by atoms with Gasteiger partial charge in [0.1, 0.15) is 6.04 Å². The van der Waals surface area contributed by atoms with Crippen molar-refractivity contribution in [3.05, 3.63) is 46.7 Å². The Kier molecular flexibility index (Phi) is 3.84. The SMILES string of the molecule is Cc1nnc([C@H]2C[C@@H](O)CN2C(=O)c2ccc3c(c2)CCCC3)o1. The van der Waals surface area contributed by atoms with Crippen LogP contribution >= 0.6 is 0 Å². The van der Waals surface area contributed by atoms with Crippen molar-refractivity contribution in [3.63, 3.8) is 0 Å². The third-order valence-corrected chi connectivity index (χ3v) is 4.96. The van der Waals surface area contributed by atoms with E-state index in [4.69, 9.17) is 4.42 Å². The molecule has 2 atom stereocenters. The van der Waals surface area contributed by atoms with E-state index in [1.165, 1.54) is 24.0 Å². The first-order chi connectivity index (χ1) is 11.6. The summed E-state index contributed by atoms with van der Waals surface area (Å²) in [5.74, 6) is 0.781. The maximum atomic E-state index is 13.0. The van der Waals surface area contributed by atoms with Gasteiger partial charge in [-0.25, -0.2) is 0 Å². The van der Waals surface area contributed by atoms with Gasteiger partial charge in [-0.2, -0.15) is 0 Å². The summed E-state index contributed by atoms with van der Waals surface area (Å²) in [7, 11) is 0. The molecular weight excluding hydrogens is 306 g/mol. The molecule has 126 valence electrons. The lowest BCUT2D eigenvalue weighted by Crippen LogP contribution is -2.32. The Morgan fingerprint density at radius 2 is 2.04 bits per heavy atom. The van der Waals surface area contributed by atoms with E-state index in [0.29, 0.717) is 30.3 Å². The first-order valence-corrected chi connectivity index (χ1v) is 8.52. The van der Waals surface area contributed by atoms with E-state index in [0.717, 1.165) is 12.8 Å². The Hall–Kier alpha value is -2.21. The third kappa shape index (κ3) is 2.71. The summed E-state index contributed by atoms with van der Waals surface area (Å²) in [4.78, 5) is 14.6. The van der Waals surface area contributed by atoms with Gasteiger partial charge in [0.05, 0.1) is 6.10 Å². The highest BCUT2D eigenvalue weighted by Gasteiger charge is 2.39. The molecular formula is C18H21N3O3. The van der Waals surface area contributed by atoms with Crippen LogP contribution in [0.25, 0.3) is 0 Å². The van der Waals surface area contributed by atoms with Crippen LogP contribution in [0.3, 0.4) is 0 Å². The number of rotatable bonds is 2. The fraction of sp³-hybridized carbons (Fsp3) is 0.500. The van der Waals surface area contributed by atoms with Gasteiger partial charge in [0.25, 0.3) is 5.91 Å². The second-order valence-electron chi connectivity index (χ2n) is 6.71. The second-order valence-corrected chi connectivity index (χ2v) is 6.71. The molecule has 24 heavy (non-hydrogen) atoms. The number of aliphatic hydroxyl groups excluding tert-OH is 1. The largest absolute Gasteiger partial charge is 0.423 e. The zero-order chi connectivity index (χ0) is 16.7. The molecule has 1 aromatic carbocycles. The van der Waals surface area contributed by atoms with Crippen LogP contribution in [0.1, 0.15) is 58.6 Å². The highest BCUT2D eigenvalue weighted by molar-refractivity contribution is 5.95. The van der Waals surface area contributed by atoms with Crippen LogP contribution < -0.4 is 0 Å². The zero-order valence-electron chi connectivity index (χ0n) is 13.7. The Morgan fingerprint density at radius 1 is 1.25 bits per heavy atom. The van der Waals surface area contributed by atoms with Crippen molar-refractivity contribution < 1.29 is 14.3 Å². The van der Waals surface area contributed by atoms with E-state index < -0.39 is 6.10 Å². The van der Waals surface area contributed by atoms with Crippen molar-refractivity contribution >= 4 is 5.91 Å². The Balaban J connectivity index is 1.62. The first-order valence-electron chi connectivity index (χ1n) is 8.52. The number of aryl methyl sites for hydroxylation is 3. The number of aliphatic hydroxyl groups is 1. The van der Waals surface area contributed by atoms with Crippen molar-refractivity contribution in [2.24, 2.45) is 0 Å². The summed E-state index contributed by atoms with van der Waals surface area (Å²) < 4.78 is 5.50. The van der Waals surface area contributed by atoms with Gasteiger partial charge < -0.3 is 14.4 Å². The molecule has 1 aliphatic heterocycles. The van der Waals surface area contributed by atoms with E-state index in [2.05, 4.69) is 16.3 Å². The number of benzene rings is 1. The molecule has 1 saturated heterocycles. The maximum absolute atomic E-state index is 13.0. The highest BCUT2D eigenvalue weighted by Crippen LogP contribution is 2.33. The van der Waals surface area contributed by atoms with Crippen molar-refractivity contribution in [2.75, 3.05) is 6.54 Å². The van der Waals surface area contributed by atoms with E-state index >= 15 is 0 Å². The van der Waals surface area contributed by atoms with E-state index in [9.17, 15) is 9.90 Å². The summed E-state index contributed by atoms with van der Waals surface area (Å²) in [6.07, 6.45) is 4.39. The smallest absolute Gasteiger partial charge is 0.254 e. The number of nitrogens with zero attached hydrogens (tertiary/aromatic N) is 3. The molecule has 4 rings (SSSR count). The van der Waals surface area contributed by atoms with E-state index in [-0.39, 0.29) is 11.9 Å². The monoisotopic (exact) mass is 327 g/mol. The van der Waals surface area contributed by atoms with Gasteiger partial charge in [0, 0.05) is 25.5 Å². The Labute approximate surface area is 140 Å². The normalized spacial score (nSPS) is 23.3. The standard InChI is InChI=1S/C18H21N3O3/c1-11-19-20-17(24-11)16-9-15(22)10-21(16)18(23)14-7-6-12-4-2-3-5-13(12)8-14/h6-8,15-16,22H,2-5,9-10H2,1H3/t15-,16-/m1/s1. The molecule has 0 bridgehead atoms. The van der Waals surface area contributed by atoms with Gasteiger partial charge in [-0.05, 0) is 48.9 Å². The van der Waals surface area contributed by atoms with Gasteiger partial charge in [0.15, 0.2) is 0 Å². The van der Waals surface area contributed by atoms with Crippen molar-refractivity contribution in [3.8, 4) is 0 Å². The van der Waals surface area contributed by atoms with Crippen LogP contribution in [0.15, 0.2) is 22.6 Å². The molecule has 2 aromatic rings. The van der Waals surface area contributed by atoms with Crippen molar-refractivity contribution in [2.45, 2.75) is 51.2 Å². The Morgan fingerprint density at radius 3 is 2.79 bits per heavy atom. The van der Waals surface area contributed by atoms with Gasteiger partial charge in [0.2, 0.25) is 11.8 Å². The highest BCUT2D eigenvalue weighted by atomic mass is 16.4. The van der Waals surface area contributed by atoms with Gasteiger partial charge >= 0.3 is 0 Å². The fourth-order valence-corrected chi connectivity index (χ4v) is 3.75. The topological polar surface area (TPSA) is 79.5 Å². The number of aromatic nitrogens is 2.